The van der Waals surface area contributed by atoms with Crippen LogP contribution in [0.5, 0.6) is 0 Å². The molecule has 0 spiro atoms. The molecular formula is C16H20N8. The van der Waals surface area contributed by atoms with Gasteiger partial charge in [-0.2, -0.15) is 10.1 Å². The Morgan fingerprint density at radius 3 is 2.92 bits per heavy atom. The molecule has 1 saturated heterocycles. The van der Waals surface area contributed by atoms with Gasteiger partial charge in [0.1, 0.15) is 11.3 Å². The Labute approximate surface area is 139 Å². The summed E-state index contributed by atoms with van der Waals surface area (Å²) in [6.07, 6.45) is 4.44. The molecule has 2 aliphatic rings. The van der Waals surface area contributed by atoms with E-state index in [9.17, 15) is 0 Å². The van der Waals surface area contributed by atoms with E-state index in [2.05, 4.69) is 36.9 Å². The lowest BCUT2D eigenvalue weighted by Gasteiger charge is -2.27. The molecule has 0 unspecified atom stereocenters. The third-order valence-electron chi connectivity index (χ3n) is 4.63. The number of fused-ring (bicyclic) bond motifs is 1. The Morgan fingerprint density at radius 2 is 2.08 bits per heavy atom. The zero-order valence-corrected chi connectivity index (χ0v) is 13.4. The molecule has 124 valence electrons. The third-order valence-corrected chi connectivity index (χ3v) is 4.63. The van der Waals surface area contributed by atoms with Crippen LogP contribution in [0, 0.1) is 0 Å². The summed E-state index contributed by atoms with van der Waals surface area (Å²) in [5, 5.41) is 18.9. The zero-order chi connectivity index (χ0) is 15.9. The van der Waals surface area contributed by atoms with Crippen molar-refractivity contribution >= 4 is 23.1 Å². The Hall–Kier alpha value is -2.61. The molecule has 0 atom stereocenters. The number of rotatable bonds is 4. The minimum absolute atomic E-state index is 0.631. The van der Waals surface area contributed by atoms with Crippen molar-refractivity contribution < 1.29 is 0 Å². The minimum Gasteiger partial charge on any atom is -0.337 e. The van der Waals surface area contributed by atoms with E-state index in [1.165, 1.54) is 12.8 Å². The molecule has 8 heteroatoms. The molecule has 2 fully saturated rings. The molecule has 4 heterocycles. The highest BCUT2D eigenvalue weighted by molar-refractivity contribution is 5.73. The normalized spacial score (nSPS) is 18.2. The SMILES string of the molecule is c1cc2c(Nc3cc(C4CC4)n[nH]3)nc(N3CCNCC3)nn2c1. The average molecular weight is 324 g/mol. The van der Waals surface area contributed by atoms with Gasteiger partial charge in [0, 0.05) is 44.4 Å². The van der Waals surface area contributed by atoms with E-state index in [0.717, 1.165) is 55.0 Å². The first kappa shape index (κ1) is 13.8. The standard InChI is InChI=1S/C16H20N8/c1-2-13-15(18-14-10-12(20-21-14)11-3-4-11)19-16(22-24(13)7-1)23-8-5-17-6-9-23/h1-2,7,10-11,17H,3-6,8-9H2,(H2,18,19,20,21,22). The summed E-state index contributed by atoms with van der Waals surface area (Å²) in [5.41, 5.74) is 2.09. The summed E-state index contributed by atoms with van der Waals surface area (Å²) in [7, 11) is 0. The van der Waals surface area contributed by atoms with E-state index < -0.39 is 0 Å². The van der Waals surface area contributed by atoms with E-state index >= 15 is 0 Å². The van der Waals surface area contributed by atoms with Gasteiger partial charge in [0.05, 0.1) is 5.69 Å². The highest BCUT2D eigenvalue weighted by Gasteiger charge is 2.26. The molecule has 0 bridgehead atoms. The lowest BCUT2D eigenvalue weighted by molar-refractivity contribution is 0.576. The Balaban J connectivity index is 1.49. The van der Waals surface area contributed by atoms with Crippen LogP contribution in [0.25, 0.3) is 5.52 Å². The highest BCUT2D eigenvalue weighted by atomic mass is 15.4. The van der Waals surface area contributed by atoms with Crippen molar-refractivity contribution in [1.29, 1.82) is 0 Å². The molecule has 3 aromatic heterocycles. The number of H-pyrrole nitrogens is 1. The summed E-state index contributed by atoms with van der Waals surface area (Å²) in [6.45, 7) is 3.76. The molecule has 3 aromatic rings. The predicted octanol–water partition coefficient (Wildman–Crippen LogP) is 1.48. The lowest BCUT2D eigenvalue weighted by Crippen LogP contribution is -2.44. The fraction of sp³-hybridized carbons (Fsp3) is 0.438. The zero-order valence-electron chi connectivity index (χ0n) is 13.4. The van der Waals surface area contributed by atoms with E-state index in [0.29, 0.717) is 5.92 Å². The maximum Gasteiger partial charge on any atom is 0.245 e. The minimum atomic E-state index is 0.631. The van der Waals surface area contributed by atoms with E-state index in [4.69, 9.17) is 4.98 Å². The van der Waals surface area contributed by atoms with Gasteiger partial charge in [-0.25, -0.2) is 4.52 Å². The number of piperazine rings is 1. The Morgan fingerprint density at radius 1 is 1.21 bits per heavy atom. The molecular weight excluding hydrogens is 304 g/mol. The smallest absolute Gasteiger partial charge is 0.245 e. The quantitative estimate of drug-likeness (QED) is 0.674. The molecule has 0 aromatic carbocycles. The number of nitrogens with zero attached hydrogens (tertiary/aromatic N) is 5. The van der Waals surface area contributed by atoms with E-state index in [1.807, 2.05) is 22.8 Å². The summed E-state index contributed by atoms with van der Waals surface area (Å²) < 4.78 is 1.88. The number of nitrogens with one attached hydrogen (secondary N) is 3. The van der Waals surface area contributed by atoms with Crippen LogP contribution in [0.15, 0.2) is 24.4 Å². The molecule has 8 nitrogen and oxygen atoms in total. The van der Waals surface area contributed by atoms with Crippen molar-refractivity contribution in [1.82, 2.24) is 30.1 Å². The van der Waals surface area contributed by atoms with Crippen LogP contribution in [0.2, 0.25) is 0 Å². The van der Waals surface area contributed by atoms with Gasteiger partial charge in [-0.15, -0.1) is 5.10 Å². The van der Waals surface area contributed by atoms with Crippen molar-refractivity contribution in [2.24, 2.45) is 0 Å². The second kappa shape index (κ2) is 5.48. The van der Waals surface area contributed by atoms with Gasteiger partial charge >= 0.3 is 0 Å². The topological polar surface area (TPSA) is 86.2 Å². The van der Waals surface area contributed by atoms with Crippen LogP contribution in [0.3, 0.4) is 0 Å². The van der Waals surface area contributed by atoms with Gasteiger partial charge in [0.25, 0.3) is 0 Å². The van der Waals surface area contributed by atoms with Crippen molar-refractivity contribution in [2.45, 2.75) is 18.8 Å². The maximum absolute atomic E-state index is 4.77. The van der Waals surface area contributed by atoms with Crippen LogP contribution in [-0.2, 0) is 0 Å². The molecule has 1 saturated carbocycles. The summed E-state index contributed by atoms with van der Waals surface area (Å²) in [5.74, 6) is 3.07. The number of anilines is 3. The number of hydrogen-bond donors (Lipinski definition) is 3. The first-order valence-electron chi connectivity index (χ1n) is 8.50. The van der Waals surface area contributed by atoms with Crippen molar-refractivity contribution in [3.8, 4) is 0 Å². The maximum atomic E-state index is 4.77. The van der Waals surface area contributed by atoms with Crippen molar-refractivity contribution in [3.05, 3.63) is 30.1 Å². The van der Waals surface area contributed by atoms with Crippen LogP contribution in [-0.4, -0.2) is 51.0 Å². The predicted molar refractivity (Wildman–Crippen MR) is 91.9 cm³/mol. The molecule has 5 rings (SSSR count). The van der Waals surface area contributed by atoms with Crippen LogP contribution >= 0.6 is 0 Å². The Kier molecular flexibility index (Phi) is 3.15. The Bertz CT molecular complexity index is 856. The molecule has 0 radical (unpaired) electrons. The van der Waals surface area contributed by atoms with Crippen molar-refractivity contribution in [2.75, 3.05) is 36.4 Å². The lowest BCUT2D eigenvalue weighted by atomic mass is 10.3. The van der Waals surface area contributed by atoms with Crippen molar-refractivity contribution in [3.63, 3.8) is 0 Å². The van der Waals surface area contributed by atoms with Gasteiger partial charge in [-0.3, -0.25) is 5.10 Å². The van der Waals surface area contributed by atoms with Crippen LogP contribution in [0.4, 0.5) is 17.6 Å². The molecule has 3 N–H and O–H groups in total. The van der Waals surface area contributed by atoms with Gasteiger partial charge in [0.15, 0.2) is 5.82 Å². The first-order chi connectivity index (χ1) is 11.9. The van der Waals surface area contributed by atoms with E-state index in [-0.39, 0.29) is 0 Å². The first-order valence-corrected chi connectivity index (χ1v) is 8.50. The fourth-order valence-corrected chi connectivity index (χ4v) is 3.13. The van der Waals surface area contributed by atoms with E-state index in [1.54, 1.807) is 0 Å². The molecule has 24 heavy (non-hydrogen) atoms. The largest absolute Gasteiger partial charge is 0.337 e. The number of aromatic nitrogens is 5. The van der Waals surface area contributed by atoms with Gasteiger partial charge in [-0.1, -0.05) is 0 Å². The third kappa shape index (κ3) is 2.48. The van der Waals surface area contributed by atoms with Crippen LogP contribution < -0.4 is 15.5 Å². The van der Waals surface area contributed by atoms with Gasteiger partial charge < -0.3 is 15.5 Å². The van der Waals surface area contributed by atoms with Gasteiger partial charge in [0.2, 0.25) is 5.95 Å². The molecule has 1 aliphatic heterocycles. The fourth-order valence-electron chi connectivity index (χ4n) is 3.13. The highest BCUT2D eigenvalue weighted by Crippen LogP contribution is 2.39. The number of aromatic amines is 1. The average Bonchev–Trinajstić information content (AvgIpc) is 3.17. The summed E-state index contributed by atoms with van der Waals surface area (Å²) in [6, 6.07) is 6.09. The second-order valence-electron chi connectivity index (χ2n) is 6.44. The monoisotopic (exact) mass is 324 g/mol. The molecule has 1 aliphatic carbocycles. The number of hydrogen-bond acceptors (Lipinski definition) is 6. The summed E-state index contributed by atoms with van der Waals surface area (Å²) in [4.78, 5) is 6.98. The summed E-state index contributed by atoms with van der Waals surface area (Å²) >= 11 is 0. The molecule has 0 amide bonds. The van der Waals surface area contributed by atoms with Gasteiger partial charge in [-0.05, 0) is 25.0 Å². The van der Waals surface area contributed by atoms with Crippen LogP contribution in [0.1, 0.15) is 24.5 Å². The second-order valence-corrected chi connectivity index (χ2v) is 6.44.